The SMILES string of the molecule is C/C=C/C(=O)P(=O)(OCCCC)OCCCC. The number of hydrogen-bond acceptors (Lipinski definition) is 4. The van der Waals surface area contributed by atoms with Gasteiger partial charge in [0.15, 0.2) is 0 Å². The summed E-state index contributed by atoms with van der Waals surface area (Å²) in [7, 11) is -3.61. The second kappa shape index (κ2) is 9.58. The number of rotatable bonds is 10. The summed E-state index contributed by atoms with van der Waals surface area (Å²) < 4.78 is 22.5. The Labute approximate surface area is 104 Å². The summed E-state index contributed by atoms with van der Waals surface area (Å²) in [4.78, 5) is 11.7. The molecule has 0 aromatic heterocycles. The molecule has 0 heterocycles. The van der Waals surface area contributed by atoms with Crippen molar-refractivity contribution in [2.45, 2.75) is 46.5 Å². The lowest BCUT2D eigenvalue weighted by Crippen LogP contribution is -2.06. The quantitative estimate of drug-likeness (QED) is 0.340. The molecule has 0 aliphatic rings. The lowest BCUT2D eigenvalue weighted by molar-refractivity contribution is -0.110. The van der Waals surface area contributed by atoms with Crippen molar-refractivity contribution in [3.8, 4) is 0 Å². The van der Waals surface area contributed by atoms with Crippen molar-refractivity contribution in [2.24, 2.45) is 0 Å². The second-order valence-corrected chi connectivity index (χ2v) is 5.66. The van der Waals surface area contributed by atoms with Gasteiger partial charge in [-0.25, -0.2) is 0 Å². The molecule has 0 aliphatic heterocycles. The van der Waals surface area contributed by atoms with E-state index in [9.17, 15) is 9.36 Å². The molecule has 0 fully saturated rings. The van der Waals surface area contributed by atoms with Gasteiger partial charge in [0.05, 0.1) is 13.2 Å². The van der Waals surface area contributed by atoms with Gasteiger partial charge in [0, 0.05) is 0 Å². The Morgan fingerprint density at radius 2 is 1.59 bits per heavy atom. The van der Waals surface area contributed by atoms with Crippen molar-refractivity contribution in [3.63, 3.8) is 0 Å². The van der Waals surface area contributed by atoms with E-state index in [1.165, 1.54) is 6.08 Å². The molecule has 0 atom stereocenters. The first-order chi connectivity index (χ1) is 8.10. The van der Waals surface area contributed by atoms with E-state index in [-0.39, 0.29) is 0 Å². The maximum absolute atomic E-state index is 12.2. The zero-order valence-corrected chi connectivity index (χ0v) is 11.9. The Kier molecular flexibility index (Phi) is 9.33. The van der Waals surface area contributed by atoms with E-state index < -0.39 is 13.1 Å². The van der Waals surface area contributed by atoms with E-state index in [0.717, 1.165) is 25.7 Å². The Morgan fingerprint density at radius 1 is 1.12 bits per heavy atom. The molecule has 0 rings (SSSR count). The van der Waals surface area contributed by atoms with E-state index >= 15 is 0 Å². The van der Waals surface area contributed by atoms with Crippen LogP contribution in [0.15, 0.2) is 12.2 Å². The van der Waals surface area contributed by atoms with Gasteiger partial charge in [-0.05, 0) is 25.8 Å². The van der Waals surface area contributed by atoms with Crippen LogP contribution in [0.5, 0.6) is 0 Å². The molecule has 0 aromatic carbocycles. The zero-order chi connectivity index (χ0) is 13.1. The number of unbranched alkanes of at least 4 members (excludes halogenated alkanes) is 2. The van der Waals surface area contributed by atoms with Crippen LogP contribution in [0.3, 0.4) is 0 Å². The van der Waals surface area contributed by atoms with E-state index in [1.54, 1.807) is 13.0 Å². The first-order valence-corrected chi connectivity index (χ1v) is 7.71. The van der Waals surface area contributed by atoms with Gasteiger partial charge in [-0.2, -0.15) is 0 Å². The van der Waals surface area contributed by atoms with Crippen LogP contribution in [-0.4, -0.2) is 18.7 Å². The van der Waals surface area contributed by atoms with Crippen LogP contribution < -0.4 is 0 Å². The molecular formula is C12H23O4P. The molecule has 0 N–H and O–H groups in total. The molecule has 0 aromatic rings. The van der Waals surface area contributed by atoms with Crippen molar-refractivity contribution in [2.75, 3.05) is 13.2 Å². The minimum absolute atomic E-state index is 0.295. The summed E-state index contributed by atoms with van der Waals surface area (Å²) >= 11 is 0. The fourth-order valence-electron chi connectivity index (χ4n) is 1.06. The molecule has 4 nitrogen and oxygen atoms in total. The molecule has 5 heteroatoms. The molecule has 0 amide bonds. The topological polar surface area (TPSA) is 52.6 Å². The predicted molar refractivity (Wildman–Crippen MR) is 69.1 cm³/mol. The summed E-state index contributed by atoms with van der Waals surface area (Å²) in [5, 5.41) is 0. The molecule has 0 spiro atoms. The van der Waals surface area contributed by atoms with Crippen molar-refractivity contribution < 1.29 is 18.4 Å². The fourth-order valence-corrected chi connectivity index (χ4v) is 2.46. The molecule has 0 bridgehead atoms. The molecule has 0 saturated carbocycles. The van der Waals surface area contributed by atoms with Crippen LogP contribution in [0.2, 0.25) is 0 Å². The van der Waals surface area contributed by atoms with Gasteiger partial charge in [-0.3, -0.25) is 9.36 Å². The van der Waals surface area contributed by atoms with Gasteiger partial charge < -0.3 is 9.05 Å². The molecule has 100 valence electrons. The van der Waals surface area contributed by atoms with Crippen LogP contribution >= 0.6 is 7.60 Å². The molecule has 0 saturated heterocycles. The van der Waals surface area contributed by atoms with Gasteiger partial charge in [-0.15, -0.1) is 0 Å². The van der Waals surface area contributed by atoms with Crippen LogP contribution in [0.1, 0.15) is 46.5 Å². The molecule has 0 unspecified atom stereocenters. The van der Waals surface area contributed by atoms with Crippen molar-refractivity contribution in [1.82, 2.24) is 0 Å². The molecule has 17 heavy (non-hydrogen) atoms. The second-order valence-electron chi connectivity index (χ2n) is 3.71. The number of carbonyl (C=O) groups is 1. The molecule has 0 aliphatic carbocycles. The summed E-state index contributed by atoms with van der Waals surface area (Å²) in [6.45, 7) is 6.28. The highest BCUT2D eigenvalue weighted by Crippen LogP contribution is 2.49. The van der Waals surface area contributed by atoms with Crippen LogP contribution in [0, 0.1) is 0 Å². The highest BCUT2D eigenvalue weighted by Gasteiger charge is 2.32. The number of allylic oxidation sites excluding steroid dienone is 2. The Hall–Kier alpha value is -0.440. The summed E-state index contributed by atoms with van der Waals surface area (Å²) in [6.07, 6.45) is 6.17. The highest BCUT2D eigenvalue weighted by molar-refractivity contribution is 7.72. The first kappa shape index (κ1) is 16.6. The van der Waals surface area contributed by atoms with Crippen LogP contribution in [0.4, 0.5) is 0 Å². The number of hydrogen-bond donors (Lipinski definition) is 0. The van der Waals surface area contributed by atoms with Crippen molar-refractivity contribution in [1.29, 1.82) is 0 Å². The van der Waals surface area contributed by atoms with Gasteiger partial charge in [0.25, 0.3) is 5.52 Å². The third-order valence-electron chi connectivity index (χ3n) is 2.10. The zero-order valence-electron chi connectivity index (χ0n) is 11.0. The van der Waals surface area contributed by atoms with E-state index in [4.69, 9.17) is 9.05 Å². The average Bonchev–Trinajstić information content (AvgIpc) is 2.30. The normalized spacial score (nSPS) is 12.2. The molecule has 0 radical (unpaired) electrons. The van der Waals surface area contributed by atoms with Crippen molar-refractivity contribution in [3.05, 3.63) is 12.2 Å². The van der Waals surface area contributed by atoms with Gasteiger partial charge in [-0.1, -0.05) is 32.8 Å². The summed E-state index contributed by atoms with van der Waals surface area (Å²) in [5.74, 6) is 0. The third kappa shape index (κ3) is 6.77. The minimum Gasteiger partial charge on any atom is -0.303 e. The van der Waals surface area contributed by atoms with Gasteiger partial charge in [0.2, 0.25) is 0 Å². The largest absolute Gasteiger partial charge is 0.400 e. The third-order valence-corrected chi connectivity index (χ3v) is 3.83. The van der Waals surface area contributed by atoms with Crippen molar-refractivity contribution >= 4 is 13.1 Å². The first-order valence-electron chi connectivity index (χ1n) is 6.17. The standard InChI is InChI=1S/C12H23O4P/c1-4-7-10-15-17(14,12(13)9-6-3)16-11-8-5-2/h6,9H,4-5,7-8,10-11H2,1-3H3/b9-6+. The maximum Gasteiger partial charge on any atom is 0.400 e. The minimum atomic E-state index is -3.61. The van der Waals surface area contributed by atoms with Gasteiger partial charge >= 0.3 is 7.60 Å². The fraction of sp³-hybridized carbons (Fsp3) is 0.750. The Morgan fingerprint density at radius 3 is 1.94 bits per heavy atom. The predicted octanol–water partition coefficient (Wildman–Crippen LogP) is 3.92. The smallest absolute Gasteiger partial charge is 0.303 e. The van der Waals surface area contributed by atoms with Crippen LogP contribution in [-0.2, 0) is 18.4 Å². The Balaban J connectivity index is 4.45. The lowest BCUT2D eigenvalue weighted by atomic mass is 10.4. The monoisotopic (exact) mass is 262 g/mol. The highest BCUT2D eigenvalue weighted by atomic mass is 31.2. The average molecular weight is 262 g/mol. The van der Waals surface area contributed by atoms with E-state index in [2.05, 4.69) is 0 Å². The number of carbonyl (C=O) groups excluding carboxylic acids is 1. The summed E-state index contributed by atoms with van der Waals surface area (Å²) in [5.41, 5.74) is -0.563. The van der Waals surface area contributed by atoms with Crippen LogP contribution in [0.25, 0.3) is 0 Å². The lowest BCUT2D eigenvalue weighted by Gasteiger charge is -2.15. The maximum atomic E-state index is 12.2. The Bertz CT molecular complexity index is 272. The summed E-state index contributed by atoms with van der Waals surface area (Å²) in [6, 6.07) is 0. The van der Waals surface area contributed by atoms with Gasteiger partial charge in [0.1, 0.15) is 0 Å². The molecular weight excluding hydrogens is 239 g/mol. The van der Waals surface area contributed by atoms with E-state index in [0.29, 0.717) is 13.2 Å². The van der Waals surface area contributed by atoms with E-state index in [1.807, 2.05) is 13.8 Å².